The van der Waals surface area contributed by atoms with Crippen molar-refractivity contribution in [2.75, 3.05) is 32.4 Å². The topological polar surface area (TPSA) is 104 Å². The molecule has 1 aromatic heterocycles. The Morgan fingerprint density at radius 2 is 2.04 bits per heavy atom. The molecular weight excluding hydrogens is 356 g/mol. The van der Waals surface area contributed by atoms with E-state index in [1.165, 1.54) is 16.8 Å². The summed E-state index contributed by atoms with van der Waals surface area (Å²) >= 11 is 0. The van der Waals surface area contributed by atoms with Gasteiger partial charge in [-0.1, -0.05) is 0 Å². The van der Waals surface area contributed by atoms with Crippen molar-refractivity contribution in [2.45, 2.75) is 25.4 Å². The largest absolute Gasteiger partial charge is 0.472 e. The molecule has 0 aromatic carbocycles. The van der Waals surface area contributed by atoms with Crippen LogP contribution in [0.5, 0.6) is 5.88 Å². The maximum absolute atomic E-state index is 12.7. The van der Waals surface area contributed by atoms with E-state index in [0.717, 1.165) is 0 Å². The van der Waals surface area contributed by atoms with E-state index in [1.54, 1.807) is 17.0 Å². The number of ether oxygens (including phenoxy) is 1. The monoisotopic (exact) mass is 378 g/mol. The Morgan fingerprint density at radius 3 is 2.69 bits per heavy atom. The third-order valence-corrected chi connectivity index (χ3v) is 6.18. The maximum atomic E-state index is 12.7. The fourth-order valence-electron chi connectivity index (χ4n) is 3.43. The molecule has 0 saturated carbocycles. The van der Waals surface area contributed by atoms with Crippen LogP contribution in [0.15, 0.2) is 18.3 Å². The number of nitriles is 1. The number of hydrogen-bond acceptors (Lipinski definition) is 6. The van der Waals surface area contributed by atoms with Crippen molar-refractivity contribution in [1.29, 1.82) is 5.26 Å². The van der Waals surface area contributed by atoms with Gasteiger partial charge in [0.1, 0.15) is 6.10 Å². The molecule has 0 radical (unpaired) electrons. The summed E-state index contributed by atoms with van der Waals surface area (Å²) in [6, 6.07) is 5.25. The molecule has 0 bridgehead atoms. The molecule has 2 saturated heterocycles. The average Bonchev–Trinajstić information content (AvgIpc) is 3.09. The Hall–Kier alpha value is -2.18. The van der Waals surface area contributed by atoms with Crippen molar-refractivity contribution in [3.8, 4) is 11.9 Å². The summed E-state index contributed by atoms with van der Waals surface area (Å²) in [4.78, 5) is 18.6. The molecule has 9 heteroatoms. The summed E-state index contributed by atoms with van der Waals surface area (Å²) in [5.41, 5.74) is 0.485. The van der Waals surface area contributed by atoms with Crippen LogP contribution < -0.4 is 4.74 Å². The Bertz CT molecular complexity index is 812. The minimum atomic E-state index is -3.18. The molecular formula is C17H22N4O4S. The van der Waals surface area contributed by atoms with Crippen LogP contribution in [-0.4, -0.2) is 67.1 Å². The predicted octanol–water partition coefficient (Wildman–Crippen LogP) is 0.605. The lowest BCUT2D eigenvalue weighted by Gasteiger charge is -2.31. The molecule has 2 aliphatic heterocycles. The van der Waals surface area contributed by atoms with Gasteiger partial charge in [-0.15, -0.1) is 0 Å². The van der Waals surface area contributed by atoms with Crippen molar-refractivity contribution in [3.63, 3.8) is 0 Å². The number of piperidine rings is 1. The third kappa shape index (κ3) is 4.31. The van der Waals surface area contributed by atoms with Gasteiger partial charge in [0.15, 0.2) is 0 Å². The first-order valence-corrected chi connectivity index (χ1v) is 10.5. The zero-order chi connectivity index (χ0) is 18.7. The maximum Gasteiger partial charge on any atom is 0.225 e. The first-order chi connectivity index (χ1) is 12.4. The summed E-state index contributed by atoms with van der Waals surface area (Å²) in [5.74, 6) is 0.333. The van der Waals surface area contributed by atoms with Gasteiger partial charge in [-0.05, 0) is 18.9 Å². The highest BCUT2D eigenvalue weighted by atomic mass is 32.2. The first kappa shape index (κ1) is 18.6. The van der Waals surface area contributed by atoms with E-state index >= 15 is 0 Å². The van der Waals surface area contributed by atoms with Gasteiger partial charge in [-0.25, -0.2) is 17.7 Å². The average molecular weight is 378 g/mol. The molecule has 2 fully saturated rings. The van der Waals surface area contributed by atoms with E-state index < -0.39 is 10.0 Å². The SMILES string of the molecule is CS(=O)(=O)N1CCC(C(=O)N2CCC(Oc3cc(C#N)ccn3)C2)CC1. The highest BCUT2D eigenvalue weighted by molar-refractivity contribution is 7.88. The molecule has 1 amide bonds. The molecule has 1 aromatic rings. The van der Waals surface area contributed by atoms with Gasteiger partial charge in [-0.3, -0.25) is 4.79 Å². The van der Waals surface area contributed by atoms with E-state index in [0.29, 0.717) is 56.9 Å². The number of sulfonamides is 1. The lowest BCUT2D eigenvalue weighted by Crippen LogP contribution is -2.43. The van der Waals surface area contributed by atoms with Gasteiger partial charge < -0.3 is 9.64 Å². The van der Waals surface area contributed by atoms with Gasteiger partial charge in [0.25, 0.3) is 0 Å². The van der Waals surface area contributed by atoms with Crippen molar-refractivity contribution < 1.29 is 17.9 Å². The Kier molecular flexibility index (Phi) is 5.44. The van der Waals surface area contributed by atoms with Gasteiger partial charge in [-0.2, -0.15) is 5.26 Å². The standard InChI is InChI=1S/C17H22N4O4S/c1-26(23,24)21-8-3-14(4-9-21)17(22)20-7-5-15(12-20)25-16-10-13(11-18)2-6-19-16/h2,6,10,14-15H,3-5,7-9,12H2,1H3. The smallest absolute Gasteiger partial charge is 0.225 e. The van der Waals surface area contributed by atoms with Crippen LogP contribution in [0.3, 0.4) is 0 Å². The molecule has 8 nitrogen and oxygen atoms in total. The molecule has 1 unspecified atom stereocenters. The predicted molar refractivity (Wildman–Crippen MR) is 93.7 cm³/mol. The quantitative estimate of drug-likeness (QED) is 0.760. The number of likely N-dealkylation sites (tertiary alicyclic amines) is 1. The molecule has 26 heavy (non-hydrogen) atoms. The second kappa shape index (κ2) is 7.60. The minimum Gasteiger partial charge on any atom is -0.472 e. The highest BCUT2D eigenvalue weighted by Gasteiger charge is 2.35. The van der Waals surface area contributed by atoms with E-state index in [4.69, 9.17) is 10.00 Å². The van der Waals surface area contributed by atoms with Crippen LogP contribution >= 0.6 is 0 Å². The minimum absolute atomic E-state index is 0.0722. The third-order valence-electron chi connectivity index (χ3n) is 4.88. The number of nitrogens with zero attached hydrogens (tertiary/aromatic N) is 4. The number of rotatable bonds is 4. The molecule has 0 N–H and O–H groups in total. The number of carbonyl (C=O) groups is 1. The van der Waals surface area contributed by atoms with Crippen LogP contribution in [0.25, 0.3) is 0 Å². The van der Waals surface area contributed by atoms with E-state index in [9.17, 15) is 13.2 Å². The summed E-state index contributed by atoms with van der Waals surface area (Å²) in [5, 5.41) is 8.92. The number of pyridine rings is 1. The van der Waals surface area contributed by atoms with Crippen molar-refractivity contribution in [3.05, 3.63) is 23.9 Å². The van der Waals surface area contributed by atoms with Crippen molar-refractivity contribution >= 4 is 15.9 Å². The summed E-state index contributed by atoms with van der Waals surface area (Å²) in [6.07, 6.45) is 4.41. The molecule has 3 rings (SSSR count). The van der Waals surface area contributed by atoms with Gasteiger partial charge in [0.2, 0.25) is 21.8 Å². The van der Waals surface area contributed by atoms with E-state index in [2.05, 4.69) is 4.98 Å². The Balaban J connectivity index is 1.52. The molecule has 0 aliphatic carbocycles. The van der Waals surface area contributed by atoms with E-state index in [1.807, 2.05) is 6.07 Å². The zero-order valence-corrected chi connectivity index (χ0v) is 15.5. The molecule has 140 valence electrons. The molecule has 3 heterocycles. The Labute approximate surface area is 153 Å². The van der Waals surface area contributed by atoms with Gasteiger partial charge in [0, 0.05) is 44.2 Å². The summed E-state index contributed by atoms with van der Waals surface area (Å²) in [6.45, 7) is 1.90. The zero-order valence-electron chi connectivity index (χ0n) is 14.7. The van der Waals surface area contributed by atoms with Crippen LogP contribution in [-0.2, 0) is 14.8 Å². The number of hydrogen-bond donors (Lipinski definition) is 0. The van der Waals surface area contributed by atoms with Crippen LogP contribution in [0.2, 0.25) is 0 Å². The van der Waals surface area contributed by atoms with E-state index in [-0.39, 0.29) is 17.9 Å². The highest BCUT2D eigenvalue weighted by Crippen LogP contribution is 2.24. The molecule has 2 aliphatic rings. The first-order valence-electron chi connectivity index (χ1n) is 8.63. The van der Waals surface area contributed by atoms with Crippen LogP contribution in [0.1, 0.15) is 24.8 Å². The van der Waals surface area contributed by atoms with Crippen LogP contribution in [0, 0.1) is 17.2 Å². The van der Waals surface area contributed by atoms with Crippen LogP contribution in [0.4, 0.5) is 0 Å². The Morgan fingerprint density at radius 1 is 1.31 bits per heavy atom. The van der Waals surface area contributed by atoms with Crippen molar-refractivity contribution in [1.82, 2.24) is 14.2 Å². The summed E-state index contributed by atoms with van der Waals surface area (Å²) in [7, 11) is -3.18. The molecule has 0 spiro atoms. The fourth-order valence-corrected chi connectivity index (χ4v) is 4.31. The number of amides is 1. The normalized spacial score (nSPS) is 22.2. The number of carbonyl (C=O) groups excluding carboxylic acids is 1. The molecule has 1 atom stereocenters. The second-order valence-electron chi connectivity index (χ2n) is 6.74. The van der Waals surface area contributed by atoms with Gasteiger partial charge >= 0.3 is 0 Å². The number of aromatic nitrogens is 1. The lowest BCUT2D eigenvalue weighted by atomic mass is 9.97. The summed E-state index contributed by atoms with van der Waals surface area (Å²) < 4.78 is 30.4. The fraction of sp³-hybridized carbons (Fsp3) is 0.588. The lowest BCUT2D eigenvalue weighted by molar-refractivity contribution is -0.135. The van der Waals surface area contributed by atoms with Gasteiger partial charge in [0.05, 0.1) is 24.4 Å². The van der Waals surface area contributed by atoms with Crippen molar-refractivity contribution in [2.24, 2.45) is 5.92 Å². The second-order valence-corrected chi connectivity index (χ2v) is 8.73.